The van der Waals surface area contributed by atoms with Crippen molar-refractivity contribution in [3.05, 3.63) is 53.7 Å². The number of amides is 1. The van der Waals surface area contributed by atoms with E-state index in [0.29, 0.717) is 28.9 Å². The summed E-state index contributed by atoms with van der Waals surface area (Å²) in [5, 5.41) is 5.15. The minimum absolute atomic E-state index is 0.154. The van der Waals surface area contributed by atoms with Crippen LogP contribution in [0.5, 0.6) is 17.2 Å². The van der Waals surface area contributed by atoms with E-state index in [4.69, 9.17) is 14.2 Å². The van der Waals surface area contributed by atoms with Gasteiger partial charge < -0.3 is 19.5 Å². The maximum Gasteiger partial charge on any atom is 0.240 e. The first-order valence-corrected chi connectivity index (χ1v) is 10.4. The Morgan fingerprint density at radius 3 is 2.71 bits per heavy atom. The quantitative estimate of drug-likeness (QED) is 0.510. The molecule has 164 valence electrons. The summed E-state index contributed by atoms with van der Waals surface area (Å²) in [7, 11) is 4.97. The van der Waals surface area contributed by atoms with Crippen molar-refractivity contribution in [3.8, 4) is 28.5 Å². The first kappa shape index (κ1) is 22.5. The van der Waals surface area contributed by atoms with Gasteiger partial charge in [0.15, 0.2) is 16.7 Å². The number of nitrogens with one attached hydrogen (secondary N) is 1. The van der Waals surface area contributed by atoms with Crippen LogP contribution in [-0.4, -0.2) is 56.8 Å². The molecule has 31 heavy (non-hydrogen) atoms. The number of aromatic nitrogens is 1. The fourth-order valence-electron chi connectivity index (χ4n) is 2.82. The largest absolute Gasteiger partial charge is 0.497 e. The molecule has 0 radical (unpaired) electrons. The Labute approximate surface area is 184 Å². The lowest BCUT2D eigenvalue weighted by atomic mass is 10.1. The van der Waals surface area contributed by atoms with E-state index in [1.165, 1.54) is 17.4 Å². The zero-order chi connectivity index (χ0) is 22.2. The molecule has 0 saturated carbocycles. The smallest absolute Gasteiger partial charge is 0.240 e. The Hall–Kier alpha value is -3.17. The lowest BCUT2D eigenvalue weighted by Crippen LogP contribution is -2.33. The van der Waals surface area contributed by atoms with E-state index in [1.54, 1.807) is 50.4 Å². The Kier molecular flexibility index (Phi) is 7.80. The lowest BCUT2D eigenvalue weighted by molar-refractivity contribution is -0.117. The summed E-state index contributed by atoms with van der Waals surface area (Å²) in [4.78, 5) is 18.6. The van der Waals surface area contributed by atoms with Gasteiger partial charge in [-0.2, -0.15) is 0 Å². The second-order valence-corrected chi connectivity index (χ2v) is 7.53. The van der Waals surface area contributed by atoms with Gasteiger partial charge in [-0.1, -0.05) is 12.1 Å². The highest BCUT2D eigenvalue weighted by Crippen LogP contribution is 2.34. The molecular weight excluding hydrogens is 421 g/mol. The first-order valence-electron chi connectivity index (χ1n) is 9.53. The van der Waals surface area contributed by atoms with Gasteiger partial charge in [0, 0.05) is 23.6 Å². The van der Waals surface area contributed by atoms with E-state index in [0.717, 1.165) is 5.56 Å². The Morgan fingerprint density at radius 2 is 1.97 bits per heavy atom. The van der Waals surface area contributed by atoms with Crippen LogP contribution >= 0.6 is 11.3 Å². The van der Waals surface area contributed by atoms with Crippen LogP contribution < -0.4 is 19.5 Å². The summed E-state index contributed by atoms with van der Waals surface area (Å²) >= 11 is 1.33. The van der Waals surface area contributed by atoms with Gasteiger partial charge in [0.1, 0.15) is 18.1 Å². The number of thiazole rings is 1. The van der Waals surface area contributed by atoms with E-state index in [2.05, 4.69) is 10.3 Å². The van der Waals surface area contributed by atoms with Crippen LogP contribution in [0.15, 0.2) is 47.8 Å². The van der Waals surface area contributed by atoms with Crippen LogP contribution in [0.1, 0.15) is 0 Å². The Bertz CT molecular complexity index is 1030. The molecule has 0 unspecified atom stereocenters. The fourth-order valence-corrected chi connectivity index (χ4v) is 3.55. The molecule has 9 heteroatoms. The summed E-state index contributed by atoms with van der Waals surface area (Å²) in [6.07, 6.45) is 0. The van der Waals surface area contributed by atoms with Crippen molar-refractivity contribution in [1.82, 2.24) is 9.88 Å². The SMILES string of the molecule is COc1ccc(-c2csc(NC(=O)CN(C)CCOc3ccccc3F)n2)c(OC)c1. The third kappa shape index (κ3) is 6.16. The number of para-hydroxylation sites is 1. The van der Waals surface area contributed by atoms with Crippen LogP contribution in [0.25, 0.3) is 11.3 Å². The van der Waals surface area contributed by atoms with Crippen molar-refractivity contribution in [3.63, 3.8) is 0 Å². The molecule has 0 spiro atoms. The number of halogens is 1. The molecule has 3 rings (SSSR count). The van der Waals surface area contributed by atoms with Crippen molar-refractivity contribution in [2.24, 2.45) is 0 Å². The van der Waals surface area contributed by atoms with Crippen LogP contribution in [0.3, 0.4) is 0 Å². The molecule has 0 aliphatic rings. The molecular formula is C22H24FN3O4S. The van der Waals surface area contributed by atoms with Crippen LogP contribution in [0, 0.1) is 5.82 Å². The van der Waals surface area contributed by atoms with Gasteiger partial charge in [-0.25, -0.2) is 9.37 Å². The predicted octanol–water partition coefficient (Wildman–Crippen LogP) is 3.92. The molecule has 1 amide bonds. The molecule has 0 atom stereocenters. The molecule has 1 heterocycles. The minimum atomic E-state index is -0.407. The van der Waals surface area contributed by atoms with Crippen molar-refractivity contribution < 1.29 is 23.4 Å². The molecule has 0 aliphatic heterocycles. The summed E-state index contributed by atoms with van der Waals surface area (Å²) in [6.45, 7) is 0.888. The second-order valence-electron chi connectivity index (χ2n) is 6.67. The molecule has 7 nitrogen and oxygen atoms in total. The minimum Gasteiger partial charge on any atom is -0.497 e. The summed E-state index contributed by atoms with van der Waals surface area (Å²) in [5.74, 6) is 0.917. The van der Waals surface area contributed by atoms with Crippen LogP contribution in [0.4, 0.5) is 9.52 Å². The van der Waals surface area contributed by atoms with Crippen molar-refractivity contribution in [1.29, 1.82) is 0 Å². The highest BCUT2D eigenvalue weighted by Gasteiger charge is 2.14. The third-order valence-corrected chi connectivity index (χ3v) is 5.17. The van der Waals surface area contributed by atoms with Crippen molar-refractivity contribution in [2.45, 2.75) is 0 Å². The number of anilines is 1. The normalized spacial score (nSPS) is 10.7. The molecule has 0 saturated heterocycles. The summed E-state index contributed by atoms with van der Waals surface area (Å²) in [6, 6.07) is 11.7. The van der Waals surface area contributed by atoms with Gasteiger partial charge in [-0.15, -0.1) is 11.3 Å². The number of ether oxygens (including phenoxy) is 3. The van der Waals surface area contributed by atoms with Gasteiger partial charge in [0.25, 0.3) is 0 Å². The van der Waals surface area contributed by atoms with E-state index in [1.807, 2.05) is 17.5 Å². The number of methoxy groups -OCH3 is 2. The van der Waals surface area contributed by atoms with E-state index < -0.39 is 5.82 Å². The topological polar surface area (TPSA) is 72.9 Å². The van der Waals surface area contributed by atoms with Gasteiger partial charge in [-0.3, -0.25) is 9.69 Å². The van der Waals surface area contributed by atoms with Crippen molar-refractivity contribution >= 4 is 22.4 Å². The maximum absolute atomic E-state index is 13.6. The fraction of sp³-hybridized carbons (Fsp3) is 0.273. The number of rotatable bonds is 10. The number of nitrogens with zero attached hydrogens (tertiary/aromatic N) is 2. The van der Waals surface area contributed by atoms with Gasteiger partial charge in [0.2, 0.25) is 5.91 Å². The van der Waals surface area contributed by atoms with E-state index >= 15 is 0 Å². The van der Waals surface area contributed by atoms with E-state index in [-0.39, 0.29) is 24.8 Å². The molecule has 0 bridgehead atoms. The lowest BCUT2D eigenvalue weighted by Gasteiger charge is -2.16. The average Bonchev–Trinajstić information content (AvgIpc) is 3.22. The van der Waals surface area contributed by atoms with Gasteiger partial charge >= 0.3 is 0 Å². The molecule has 1 N–H and O–H groups in total. The van der Waals surface area contributed by atoms with Crippen molar-refractivity contribution in [2.75, 3.05) is 46.3 Å². The average molecular weight is 446 g/mol. The molecule has 0 fully saturated rings. The third-order valence-electron chi connectivity index (χ3n) is 4.42. The predicted molar refractivity (Wildman–Crippen MR) is 119 cm³/mol. The number of benzene rings is 2. The standard InChI is InChI=1S/C22H24FN3O4S/c1-26(10-11-30-19-7-5-4-6-17(19)23)13-21(27)25-22-24-18(14-31-22)16-9-8-15(28-2)12-20(16)29-3/h4-9,12,14H,10-11,13H2,1-3H3,(H,24,25,27). The number of hydrogen-bond donors (Lipinski definition) is 1. The Balaban J connectivity index is 1.51. The molecule has 2 aromatic carbocycles. The monoisotopic (exact) mass is 445 g/mol. The zero-order valence-corrected chi connectivity index (χ0v) is 18.4. The number of hydrogen-bond acceptors (Lipinski definition) is 7. The molecule has 1 aromatic heterocycles. The molecule has 0 aliphatic carbocycles. The maximum atomic E-state index is 13.6. The number of likely N-dealkylation sites (N-methyl/N-ethyl adjacent to an activating group) is 1. The highest BCUT2D eigenvalue weighted by atomic mass is 32.1. The van der Waals surface area contributed by atoms with Gasteiger partial charge in [0.05, 0.1) is 26.5 Å². The summed E-state index contributed by atoms with van der Waals surface area (Å²) in [5.41, 5.74) is 1.51. The number of carbonyl (C=O) groups excluding carboxylic acids is 1. The summed E-state index contributed by atoms with van der Waals surface area (Å²) < 4.78 is 29.6. The van der Waals surface area contributed by atoms with Crippen LogP contribution in [-0.2, 0) is 4.79 Å². The zero-order valence-electron chi connectivity index (χ0n) is 17.6. The molecule has 3 aromatic rings. The van der Waals surface area contributed by atoms with Crippen LogP contribution in [0.2, 0.25) is 0 Å². The second kappa shape index (κ2) is 10.7. The first-order chi connectivity index (χ1) is 15.0. The highest BCUT2D eigenvalue weighted by molar-refractivity contribution is 7.14. The number of carbonyl (C=O) groups is 1. The van der Waals surface area contributed by atoms with Gasteiger partial charge in [-0.05, 0) is 31.3 Å². The Morgan fingerprint density at radius 1 is 1.16 bits per heavy atom. The van der Waals surface area contributed by atoms with E-state index in [9.17, 15) is 9.18 Å².